The molecule has 0 aliphatic rings. The Kier molecular flexibility index (Phi) is 10.9. The van der Waals surface area contributed by atoms with E-state index >= 15 is 0 Å². The molecule has 1 unspecified atom stereocenters. The van der Waals surface area contributed by atoms with Crippen molar-refractivity contribution in [2.45, 2.75) is 65.3 Å². The van der Waals surface area contributed by atoms with Crippen molar-refractivity contribution in [1.82, 2.24) is 4.90 Å². The number of aliphatic hydroxyl groups excluding tert-OH is 1. The first-order chi connectivity index (χ1) is 9.06. The summed E-state index contributed by atoms with van der Waals surface area (Å²) in [5, 5.41) is 8.88. The number of aliphatic hydroxyl groups is 1. The van der Waals surface area contributed by atoms with Crippen molar-refractivity contribution in [2.24, 2.45) is 11.7 Å². The van der Waals surface area contributed by atoms with Gasteiger partial charge in [0.25, 0.3) is 0 Å². The molecule has 0 aromatic rings. The molecule has 0 aromatic heterocycles. The third kappa shape index (κ3) is 8.22. The van der Waals surface area contributed by atoms with E-state index in [1.54, 1.807) is 0 Å². The topological polar surface area (TPSA) is 66.6 Å². The minimum absolute atomic E-state index is 0.141. The van der Waals surface area contributed by atoms with Crippen LogP contribution in [0.3, 0.4) is 0 Å². The van der Waals surface area contributed by atoms with E-state index in [0.717, 1.165) is 25.7 Å². The Morgan fingerprint density at radius 3 is 2.42 bits per heavy atom. The summed E-state index contributed by atoms with van der Waals surface area (Å²) in [5.41, 5.74) is 5.62. The van der Waals surface area contributed by atoms with E-state index in [2.05, 4.69) is 6.92 Å². The van der Waals surface area contributed by atoms with Crippen molar-refractivity contribution in [3.63, 3.8) is 0 Å². The highest BCUT2D eigenvalue weighted by molar-refractivity contribution is 5.76. The molecule has 0 aliphatic heterocycles. The Labute approximate surface area is 118 Å². The molecule has 0 aromatic carbocycles. The second kappa shape index (κ2) is 11.2. The number of hydrogen-bond acceptors (Lipinski definition) is 3. The van der Waals surface area contributed by atoms with Crippen LogP contribution in [0.25, 0.3) is 0 Å². The maximum absolute atomic E-state index is 12.2. The molecule has 19 heavy (non-hydrogen) atoms. The Morgan fingerprint density at radius 1 is 1.26 bits per heavy atom. The first-order valence-electron chi connectivity index (χ1n) is 7.67. The van der Waals surface area contributed by atoms with Crippen LogP contribution in [-0.4, -0.2) is 41.7 Å². The van der Waals surface area contributed by atoms with E-state index in [0.29, 0.717) is 31.8 Å². The Morgan fingerprint density at radius 2 is 1.95 bits per heavy atom. The number of amides is 1. The zero-order valence-electron chi connectivity index (χ0n) is 12.9. The van der Waals surface area contributed by atoms with Gasteiger partial charge in [-0.1, -0.05) is 19.8 Å². The smallest absolute Gasteiger partial charge is 0.222 e. The molecule has 0 rings (SSSR count). The van der Waals surface area contributed by atoms with Gasteiger partial charge in [0.1, 0.15) is 0 Å². The molecule has 4 nitrogen and oxygen atoms in total. The summed E-state index contributed by atoms with van der Waals surface area (Å²) in [6, 6.07) is 0.207. The van der Waals surface area contributed by atoms with Crippen LogP contribution in [0.4, 0.5) is 0 Å². The molecule has 0 spiro atoms. The van der Waals surface area contributed by atoms with Gasteiger partial charge in [-0.3, -0.25) is 4.79 Å². The lowest BCUT2D eigenvalue weighted by molar-refractivity contribution is -0.133. The summed E-state index contributed by atoms with van der Waals surface area (Å²) in [7, 11) is 0. The van der Waals surface area contributed by atoms with Crippen LogP contribution in [0, 0.1) is 5.92 Å². The van der Waals surface area contributed by atoms with Crippen LogP contribution in [0.1, 0.15) is 59.3 Å². The van der Waals surface area contributed by atoms with Gasteiger partial charge in [-0.05, 0) is 45.6 Å². The number of nitrogens with two attached hydrogens (primary N) is 1. The first-order valence-corrected chi connectivity index (χ1v) is 7.67. The SMILES string of the molecule is CCCC(CCN)CCC(=O)N(CCCO)C(C)C. The summed E-state index contributed by atoms with van der Waals surface area (Å²) < 4.78 is 0. The molecule has 0 heterocycles. The van der Waals surface area contributed by atoms with Gasteiger partial charge >= 0.3 is 0 Å². The van der Waals surface area contributed by atoms with Gasteiger partial charge in [-0.15, -0.1) is 0 Å². The first kappa shape index (κ1) is 18.4. The zero-order chi connectivity index (χ0) is 14.7. The summed E-state index contributed by atoms with van der Waals surface area (Å²) in [4.78, 5) is 14.1. The number of rotatable bonds is 11. The van der Waals surface area contributed by atoms with Crippen molar-refractivity contribution in [1.29, 1.82) is 0 Å². The van der Waals surface area contributed by atoms with Crippen molar-refractivity contribution < 1.29 is 9.90 Å². The molecule has 4 heteroatoms. The largest absolute Gasteiger partial charge is 0.396 e. The van der Waals surface area contributed by atoms with Gasteiger partial charge in [-0.25, -0.2) is 0 Å². The second-order valence-electron chi connectivity index (χ2n) is 5.53. The molecule has 0 fully saturated rings. The van der Waals surface area contributed by atoms with Gasteiger partial charge in [0.2, 0.25) is 5.91 Å². The van der Waals surface area contributed by atoms with E-state index in [1.807, 2.05) is 18.7 Å². The highest BCUT2D eigenvalue weighted by Gasteiger charge is 2.17. The number of carbonyl (C=O) groups is 1. The summed E-state index contributed by atoms with van der Waals surface area (Å²) in [6.07, 6.45) is 5.52. The van der Waals surface area contributed by atoms with Crippen LogP contribution in [-0.2, 0) is 4.79 Å². The minimum Gasteiger partial charge on any atom is -0.396 e. The maximum atomic E-state index is 12.2. The lowest BCUT2D eigenvalue weighted by Crippen LogP contribution is -2.38. The van der Waals surface area contributed by atoms with Gasteiger partial charge in [0.05, 0.1) is 0 Å². The van der Waals surface area contributed by atoms with Crippen molar-refractivity contribution in [3.05, 3.63) is 0 Å². The number of hydrogen-bond donors (Lipinski definition) is 2. The van der Waals surface area contributed by atoms with Gasteiger partial charge in [0, 0.05) is 25.6 Å². The lowest BCUT2D eigenvalue weighted by Gasteiger charge is -2.27. The molecule has 0 bridgehead atoms. The highest BCUT2D eigenvalue weighted by atomic mass is 16.3. The Hall–Kier alpha value is -0.610. The van der Waals surface area contributed by atoms with E-state index in [9.17, 15) is 4.79 Å². The minimum atomic E-state index is 0.141. The molecule has 1 amide bonds. The monoisotopic (exact) mass is 272 g/mol. The Bertz CT molecular complexity index is 226. The van der Waals surface area contributed by atoms with Crippen LogP contribution in [0.15, 0.2) is 0 Å². The predicted octanol–water partition coefficient (Wildman–Crippen LogP) is 2.15. The third-order valence-corrected chi connectivity index (χ3v) is 3.54. The van der Waals surface area contributed by atoms with Crippen LogP contribution < -0.4 is 5.73 Å². The second-order valence-corrected chi connectivity index (χ2v) is 5.53. The molecule has 1 atom stereocenters. The fourth-order valence-electron chi connectivity index (χ4n) is 2.46. The number of carbonyl (C=O) groups excluding carboxylic acids is 1. The van der Waals surface area contributed by atoms with Gasteiger partial charge < -0.3 is 15.7 Å². The molecule has 114 valence electrons. The fraction of sp³-hybridized carbons (Fsp3) is 0.933. The summed E-state index contributed by atoms with van der Waals surface area (Å²) in [5.74, 6) is 0.785. The average Bonchev–Trinajstić information content (AvgIpc) is 2.36. The zero-order valence-corrected chi connectivity index (χ0v) is 12.9. The van der Waals surface area contributed by atoms with E-state index in [4.69, 9.17) is 10.8 Å². The third-order valence-electron chi connectivity index (χ3n) is 3.54. The molecular formula is C15H32N2O2. The van der Waals surface area contributed by atoms with Crippen LogP contribution >= 0.6 is 0 Å². The maximum Gasteiger partial charge on any atom is 0.222 e. The lowest BCUT2D eigenvalue weighted by atomic mass is 9.94. The normalized spacial score (nSPS) is 12.7. The van der Waals surface area contributed by atoms with Gasteiger partial charge in [-0.2, -0.15) is 0 Å². The van der Waals surface area contributed by atoms with Crippen molar-refractivity contribution >= 4 is 5.91 Å². The fourth-order valence-corrected chi connectivity index (χ4v) is 2.46. The van der Waals surface area contributed by atoms with Crippen molar-refractivity contribution in [3.8, 4) is 0 Å². The van der Waals surface area contributed by atoms with Crippen LogP contribution in [0.5, 0.6) is 0 Å². The number of nitrogens with zero attached hydrogens (tertiary/aromatic N) is 1. The van der Waals surface area contributed by atoms with Crippen molar-refractivity contribution in [2.75, 3.05) is 19.7 Å². The van der Waals surface area contributed by atoms with E-state index in [1.165, 1.54) is 0 Å². The summed E-state index contributed by atoms with van der Waals surface area (Å²) in [6.45, 7) is 7.73. The van der Waals surface area contributed by atoms with Gasteiger partial charge in [0.15, 0.2) is 0 Å². The predicted molar refractivity (Wildman–Crippen MR) is 79.9 cm³/mol. The highest BCUT2D eigenvalue weighted by Crippen LogP contribution is 2.18. The quantitative estimate of drug-likeness (QED) is 0.605. The van der Waals surface area contributed by atoms with Crippen LogP contribution in [0.2, 0.25) is 0 Å². The Balaban J connectivity index is 4.21. The molecule has 0 radical (unpaired) electrons. The molecule has 0 aliphatic carbocycles. The average molecular weight is 272 g/mol. The molecular weight excluding hydrogens is 240 g/mol. The van der Waals surface area contributed by atoms with E-state index in [-0.39, 0.29) is 18.6 Å². The summed E-state index contributed by atoms with van der Waals surface area (Å²) >= 11 is 0. The molecule has 0 saturated heterocycles. The molecule has 0 saturated carbocycles. The standard InChI is InChI=1S/C15H32N2O2/c1-4-6-14(9-10-16)7-8-15(19)17(13(2)3)11-5-12-18/h13-14,18H,4-12,16H2,1-3H3. The molecule has 3 N–H and O–H groups in total. The van der Waals surface area contributed by atoms with E-state index < -0.39 is 0 Å².